The quantitative estimate of drug-likeness (QED) is 0.866. The molecule has 108 valence electrons. The van der Waals surface area contributed by atoms with E-state index in [-0.39, 0.29) is 5.91 Å². The number of nitrogens with zero attached hydrogens (tertiary/aromatic N) is 1. The molecule has 0 radical (unpaired) electrons. The van der Waals surface area contributed by atoms with Gasteiger partial charge in [0.15, 0.2) is 0 Å². The minimum Gasteiger partial charge on any atom is -0.389 e. The highest BCUT2D eigenvalue weighted by atomic mass is 32.1. The van der Waals surface area contributed by atoms with Gasteiger partial charge in [0.25, 0.3) is 0 Å². The first-order valence-corrected chi connectivity index (χ1v) is 7.65. The van der Waals surface area contributed by atoms with Crippen LogP contribution in [0, 0.1) is 5.92 Å². The predicted molar refractivity (Wildman–Crippen MR) is 86.9 cm³/mol. The summed E-state index contributed by atoms with van der Waals surface area (Å²) in [6, 6.07) is 7.52. The van der Waals surface area contributed by atoms with E-state index in [0.29, 0.717) is 17.3 Å². The molecule has 2 rings (SSSR count). The van der Waals surface area contributed by atoms with Gasteiger partial charge >= 0.3 is 0 Å². The van der Waals surface area contributed by atoms with Gasteiger partial charge in [-0.15, -0.1) is 0 Å². The molecule has 1 aliphatic rings. The van der Waals surface area contributed by atoms with E-state index in [1.165, 1.54) is 32.1 Å². The average molecular weight is 290 g/mol. The number of carbonyl (C=O) groups excluding carboxylic acids is 1. The average Bonchev–Trinajstić information content (AvgIpc) is 2.47. The zero-order chi connectivity index (χ0) is 14.5. The number of hydrogen-bond acceptors (Lipinski definition) is 2. The lowest BCUT2D eigenvalue weighted by Crippen LogP contribution is -2.28. The maximum atomic E-state index is 12.3. The molecule has 1 saturated carbocycles. The van der Waals surface area contributed by atoms with E-state index in [9.17, 15) is 4.79 Å². The number of carbonyl (C=O) groups is 1. The summed E-state index contributed by atoms with van der Waals surface area (Å²) in [4.78, 5) is 14.4. The summed E-state index contributed by atoms with van der Waals surface area (Å²) in [5, 5.41) is 0. The minimum atomic E-state index is 0.194. The molecule has 3 nitrogen and oxygen atoms in total. The molecule has 0 atom stereocenters. The van der Waals surface area contributed by atoms with Crippen LogP contribution in [0.1, 0.15) is 44.1 Å². The van der Waals surface area contributed by atoms with Gasteiger partial charge in [0.1, 0.15) is 4.99 Å². The first-order valence-electron chi connectivity index (χ1n) is 7.24. The zero-order valence-corrected chi connectivity index (χ0v) is 12.8. The predicted octanol–water partition coefficient (Wildman–Crippen LogP) is 3.25. The van der Waals surface area contributed by atoms with Crippen LogP contribution < -0.4 is 10.6 Å². The lowest BCUT2D eigenvalue weighted by molar-refractivity contribution is -0.119. The summed E-state index contributed by atoms with van der Waals surface area (Å²) in [5.41, 5.74) is 7.30. The molecule has 0 aliphatic heterocycles. The maximum Gasteiger partial charge on any atom is 0.226 e. The Bertz CT molecular complexity index is 478. The highest BCUT2D eigenvalue weighted by molar-refractivity contribution is 7.80. The molecule has 1 amide bonds. The van der Waals surface area contributed by atoms with Crippen molar-refractivity contribution in [2.45, 2.75) is 38.5 Å². The van der Waals surface area contributed by atoms with Crippen LogP contribution >= 0.6 is 12.2 Å². The Labute approximate surface area is 126 Å². The Morgan fingerprint density at radius 1 is 1.25 bits per heavy atom. The maximum absolute atomic E-state index is 12.3. The van der Waals surface area contributed by atoms with Gasteiger partial charge in [-0.25, -0.2) is 0 Å². The summed E-state index contributed by atoms with van der Waals surface area (Å²) in [6.07, 6.45) is 6.91. The molecule has 0 aromatic heterocycles. The summed E-state index contributed by atoms with van der Waals surface area (Å²) < 4.78 is 0. The molecule has 0 spiro atoms. The molecule has 1 fully saturated rings. The third-order valence-corrected chi connectivity index (χ3v) is 4.34. The third-order valence-electron chi connectivity index (χ3n) is 4.10. The van der Waals surface area contributed by atoms with E-state index in [4.69, 9.17) is 18.0 Å². The van der Waals surface area contributed by atoms with Crippen molar-refractivity contribution in [3.63, 3.8) is 0 Å². The van der Waals surface area contributed by atoms with Crippen LogP contribution in [0.4, 0.5) is 5.69 Å². The van der Waals surface area contributed by atoms with Crippen LogP contribution in [-0.4, -0.2) is 17.9 Å². The standard InChI is InChI=1S/C16H22N2OS/c1-18(14-9-7-13(8-10-14)16(17)20)15(19)11-12-5-3-2-4-6-12/h7-10,12H,2-6,11H2,1H3,(H2,17,20). The number of benzene rings is 1. The summed E-state index contributed by atoms with van der Waals surface area (Å²) in [5.74, 6) is 0.759. The summed E-state index contributed by atoms with van der Waals surface area (Å²) in [6.45, 7) is 0. The Balaban J connectivity index is 1.96. The van der Waals surface area contributed by atoms with Crippen molar-refractivity contribution in [3.05, 3.63) is 29.8 Å². The van der Waals surface area contributed by atoms with Crippen molar-refractivity contribution in [2.75, 3.05) is 11.9 Å². The molecule has 20 heavy (non-hydrogen) atoms. The number of rotatable bonds is 4. The molecule has 0 saturated heterocycles. The molecule has 4 heteroatoms. The monoisotopic (exact) mass is 290 g/mol. The normalized spacial score (nSPS) is 15.8. The number of anilines is 1. The fourth-order valence-corrected chi connectivity index (χ4v) is 2.90. The Hall–Kier alpha value is -1.42. The fraction of sp³-hybridized carbons (Fsp3) is 0.500. The first-order chi connectivity index (χ1) is 9.58. The SMILES string of the molecule is CN(C(=O)CC1CCCCC1)c1ccc(C(N)=S)cc1. The van der Waals surface area contributed by atoms with E-state index >= 15 is 0 Å². The lowest BCUT2D eigenvalue weighted by Gasteiger charge is -2.24. The zero-order valence-electron chi connectivity index (χ0n) is 12.0. The van der Waals surface area contributed by atoms with Crippen LogP contribution in [0.25, 0.3) is 0 Å². The number of thiocarbonyl (C=S) groups is 1. The van der Waals surface area contributed by atoms with Crippen LogP contribution in [0.15, 0.2) is 24.3 Å². The number of amides is 1. The van der Waals surface area contributed by atoms with E-state index in [0.717, 1.165) is 11.3 Å². The molecular formula is C16H22N2OS. The van der Waals surface area contributed by atoms with Gasteiger partial charge in [0.05, 0.1) is 0 Å². The van der Waals surface area contributed by atoms with E-state index in [2.05, 4.69) is 0 Å². The van der Waals surface area contributed by atoms with Crippen molar-refractivity contribution in [1.82, 2.24) is 0 Å². The first kappa shape index (κ1) is 15.0. The van der Waals surface area contributed by atoms with E-state index < -0.39 is 0 Å². The Morgan fingerprint density at radius 3 is 2.40 bits per heavy atom. The number of hydrogen-bond donors (Lipinski definition) is 1. The summed E-state index contributed by atoms with van der Waals surface area (Å²) >= 11 is 4.93. The van der Waals surface area contributed by atoms with Crippen molar-refractivity contribution in [3.8, 4) is 0 Å². The molecule has 0 unspecified atom stereocenters. The number of nitrogens with two attached hydrogens (primary N) is 1. The van der Waals surface area contributed by atoms with Crippen LogP contribution in [0.3, 0.4) is 0 Å². The second-order valence-electron chi connectivity index (χ2n) is 5.57. The van der Waals surface area contributed by atoms with Gasteiger partial charge in [-0.2, -0.15) is 0 Å². The molecule has 0 bridgehead atoms. The van der Waals surface area contributed by atoms with Gasteiger partial charge in [0, 0.05) is 24.7 Å². The second kappa shape index (κ2) is 6.84. The smallest absolute Gasteiger partial charge is 0.226 e. The van der Waals surface area contributed by atoms with Gasteiger partial charge in [-0.1, -0.05) is 31.5 Å². The largest absolute Gasteiger partial charge is 0.389 e. The third kappa shape index (κ3) is 3.79. The second-order valence-corrected chi connectivity index (χ2v) is 6.01. The highest BCUT2D eigenvalue weighted by Gasteiger charge is 2.19. The van der Waals surface area contributed by atoms with Gasteiger partial charge < -0.3 is 10.6 Å². The molecule has 1 aliphatic carbocycles. The molecule has 1 aromatic rings. The molecular weight excluding hydrogens is 268 g/mol. The van der Waals surface area contributed by atoms with Crippen LogP contribution in [0.5, 0.6) is 0 Å². The van der Waals surface area contributed by atoms with E-state index in [1.807, 2.05) is 31.3 Å². The van der Waals surface area contributed by atoms with Crippen LogP contribution in [-0.2, 0) is 4.79 Å². The van der Waals surface area contributed by atoms with Crippen molar-refractivity contribution >= 4 is 28.8 Å². The molecule has 0 heterocycles. The Morgan fingerprint density at radius 2 is 1.85 bits per heavy atom. The van der Waals surface area contributed by atoms with Crippen molar-refractivity contribution < 1.29 is 4.79 Å². The molecule has 1 aromatic carbocycles. The van der Waals surface area contributed by atoms with Gasteiger partial charge in [-0.3, -0.25) is 4.79 Å². The van der Waals surface area contributed by atoms with Crippen molar-refractivity contribution in [1.29, 1.82) is 0 Å². The Kier molecular flexibility index (Phi) is 5.12. The highest BCUT2D eigenvalue weighted by Crippen LogP contribution is 2.27. The topological polar surface area (TPSA) is 46.3 Å². The molecule has 2 N–H and O–H groups in total. The minimum absolute atomic E-state index is 0.194. The van der Waals surface area contributed by atoms with E-state index in [1.54, 1.807) is 4.90 Å². The summed E-state index contributed by atoms with van der Waals surface area (Å²) in [7, 11) is 1.83. The fourth-order valence-electron chi connectivity index (χ4n) is 2.77. The lowest BCUT2D eigenvalue weighted by atomic mass is 9.86. The van der Waals surface area contributed by atoms with Gasteiger partial charge in [0.2, 0.25) is 5.91 Å². The van der Waals surface area contributed by atoms with Gasteiger partial charge in [-0.05, 0) is 43.0 Å². The van der Waals surface area contributed by atoms with Crippen LogP contribution in [0.2, 0.25) is 0 Å². The van der Waals surface area contributed by atoms with Crippen molar-refractivity contribution in [2.24, 2.45) is 11.7 Å².